The van der Waals surface area contributed by atoms with Gasteiger partial charge in [0.15, 0.2) is 0 Å². The number of aromatic nitrogens is 1. The van der Waals surface area contributed by atoms with E-state index in [2.05, 4.69) is 30.8 Å². The Kier molecular flexibility index (Phi) is 3.70. The summed E-state index contributed by atoms with van der Waals surface area (Å²) in [5, 5.41) is 0.551. The molecule has 2 nitrogen and oxygen atoms in total. The number of hydrogen-bond acceptors (Lipinski definition) is 2. The van der Waals surface area contributed by atoms with Crippen molar-refractivity contribution in [2.75, 3.05) is 13.6 Å². The highest BCUT2D eigenvalue weighted by Gasteiger charge is 2.09. The Morgan fingerprint density at radius 3 is 2.69 bits per heavy atom. The lowest BCUT2D eigenvalue weighted by molar-refractivity contribution is 0.275. The SMILES string of the molecule is CCN(C)[C@@H](C)c1ccc(Cl)nc1. The zero-order chi connectivity index (χ0) is 9.84. The number of halogens is 1. The van der Waals surface area contributed by atoms with Crippen molar-refractivity contribution < 1.29 is 0 Å². The average Bonchev–Trinajstić information content (AvgIpc) is 2.17. The summed E-state index contributed by atoms with van der Waals surface area (Å²) in [6.45, 7) is 5.33. The van der Waals surface area contributed by atoms with E-state index in [1.807, 2.05) is 18.3 Å². The fourth-order valence-electron chi connectivity index (χ4n) is 1.16. The molecule has 0 amide bonds. The van der Waals surface area contributed by atoms with Crippen LogP contribution in [0.25, 0.3) is 0 Å². The lowest BCUT2D eigenvalue weighted by Gasteiger charge is -2.22. The standard InChI is InChI=1S/C10H15ClN2/c1-4-13(3)8(2)9-5-6-10(11)12-7-9/h5-8H,4H2,1-3H3/t8-/m0/s1. The fraction of sp³-hybridized carbons (Fsp3) is 0.500. The smallest absolute Gasteiger partial charge is 0.129 e. The molecule has 0 aromatic carbocycles. The molecule has 1 aromatic rings. The van der Waals surface area contributed by atoms with Gasteiger partial charge in [-0.25, -0.2) is 4.98 Å². The second kappa shape index (κ2) is 4.58. The van der Waals surface area contributed by atoms with Crippen LogP contribution < -0.4 is 0 Å². The summed E-state index contributed by atoms with van der Waals surface area (Å²) in [5.74, 6) is 0. The van der Waals surface area contributed by atoms with Gasteiger partial charge < -0.3 is 0 Å². The van der Waals surface area contributed by atoms with Crippen LogP contribution in [0.5, 0.6) is 0 Å². The van der Waals surface area contributed by atoms with Gasteiger partial charge in [-0.3, -0.25) is 4.90 Å². The van der Waals surface area contributed by atoms with Crippen LogP contribution in [0.15, 0.2) is 18.3 Å². The molecule has 0 aliphatic rings. The molecule has 0 unspecified atom stereocenters. The molecule has 0 N–H and O–H groups in total. The van der Waals surface area contributed by atoms with E-state index in [9.17, 15) is 0 Å². The Labute approximate surface area is 84.5 Å². The highest BCUT2D eigenvalue weighted by molar-refractivity contribution is 6.29. The molecule has 0 saturated heterocycles. The van der Waals surface area contributed by atoms with Gasteiger partial charge >= 0.3 is 0 Å². The molecule has 0 aliphatic carbocycles. The van der Waals surface area contributed by atoms with Crippen LogP contribution in [-0.4, -0.2) is 23.5 Å². The predicted octanol–water partition coefficient (Wildman–Crippen LogP) is 2.75. The molecule has 0 fully saturated rings. The third kappa shape index (κ3) is 2.68. The summed E-state index contributed by atoms with van der Waals surface area (Å²) in [4.78, 5) is 6.31. The van der Waals surface area contributed by atoms with Crippen molar-refractivity contribution in [3.63, 3.8) is 0 Å². The molecule has 0 saturated carbocycles. The Morgan fingerprint density at radius 2 is 2.23 bits per heavy atom. The third-order valence-corrected chi connectivity index (χ3v) is 2.62. The Balaban J connectivity index is 2.77. The molecule has 0 aliphatic heterocycles. The summed E-state index contributed by atoms with van der Waals surface area (Å²) in [6.07, 6.45) is 1.83. The van der Waals surface area contributed by atoms with E-state index >= 15 is 0 Å². The van der Waals surface area contributed by atoms with Gasteiger partial charge in [-0.2, -0.15) is 0 Å². The zero-order valence-electron chi connectivity index (χ0n) is 8.29. The monoisotopic (exact) mass is 198 g/mol. The van der Waals surface area contributed by atoms with Crippen molar-refractivity contribution >= 4 is 11.6 Å². The summed E-state index contributed by atoms with van der Waals surface area (Å²) < 4.78 is 0. The highest BCUT2D eigenvalue weighted by Crippen LogP contribution is 2.18. The van der Waals surface area contributed by atoms with Crippen LogP contribution in [0, 0.1) is 0 Å². The summed E-state index contributed by atoms with van der Waals surface area (Å²) >= 11 is 5.71. The van der Waals surface area contributed by atoms with Crippen LogP contribution in [0.3, 0.4) is 0 Å². The van der Waals surface area contributed by atoms with Gasteiger partial charge in [-0.05, 0) is 32.1 Å². The molecule has 1 atom stereocenters. The van der Waals surface area contributed by atoms with Crippen molar-refractivity contribution in [3.05, 3.63) is 29.0 Å². The maximum atomic E-state index is 5.71. The lowest BCUT2D eigenvalue weighted by Crippen LogP contribution is -2.21. The van der Waals surface area contributed by atoms with Gasteiger partial charge in [0.25, 0.3) is 0 Å². The first kappa shape index (κ1) is 10.5. The van der Waals surface area contributed by atoms with E-state index in [-0.39, 0.29) is 0 Å². The Bertz CT molecular complexity index is 258. The zero-order valence-corrected chi connectivity index (χ0v) is 9.04. The van der Waals surface area contributed by atoms with E-state index in [0.29, 0.717) is 11.2 Å². The third-order valence-electron chi connectivity index (χ3n) is 2.39. The number of nitrogens with zero attached hydrogens (tertiary/aromatic N) is 2. The van der Waals surface area contributed by atoms with Gasteiger partial charge in [-0.15, -0.1) is 0 Å². The molecule has 0 radical (unpaired) electrons. The first-order chi connectivity index (χ1) is 6.15. The minimum atomic E-state index is 0.398. The van der Waals surface area contributed by atoms with E-state index < -0.39 is 0 Å². The van der Waals surface area contributed by atoms with E-state index in [1.165, 1.54) is 5.56 Å². The van der Waals surface area contributed by atoms with Crippen molar-refractivity contribution in [3.8, 4) is 0 Å². The molecule has 3 heteroatoms. The predicted molar refractivity (Wildman–Crippen MR) is 56.0 cm³/mol. The van der Waals surface area contributed by atoms with Crippen molar-refractivity contribution in [1.29, 1.82) is 0 Å². The molecule has 0 spiro atoms. The van der Waals surface area contributed by atoms with Crippen molar-refractivity contribution in [1.82, 2.24) is 9.88 Å². The molecular formula is C10H15ClN2. The van der Waals surface area contributed by atoms with Gasteiger partial charge in [0.2, 0.25) is 0 Å². The van der Waals surface area contributed by atoms with Gasteiger partial charge in [0, 0.05) is 12.2 Å². The summed E-state index contributed by atoms with van der Waals surface area (Å²) in [5.41, 5.74) is 1.20. The number of rotatable bonds is 3. The molecule has 1 heterocycles. The Hall–Kier alpha value is -0.600. The second-order valence-corrected chi connectivity index (χ2v) is 3.55. The fourth-order valence-corrected chi connectivity index (χ4v) is 1.27. The van der Waals surface area contributed by atoms with E-state index in [4.69, 9.17) is 11.6 Å². The average molecular weight is 199 g/mol. The number of hydrogen-bond donors (Lipinski definition) is 0. The van der Waals surface area contributed by atoms with Gasteiger partial charge in [0.1, 0.15) is 5.15 Å². The van der Waals surface area contributed by atoms with E-state index in [1.54, 1.807) is 0 Å². The summed E-state index contributed by atoms with van der Waals surface area (Å²) in [7, 11) is 2.10. The molecular weight excluding hydrogens is 184 g/mol. The topological polar surface area (TPSA) is 16.1 Å². The van der Waals surface area contributed by atoms with Crippen LogP contribution in [0.4, 0.5) is 0 Å². The summed E-state index contributed by atoms with van der Waals surface area (Å²) in [6, 6.07) is 4.25. The van der Waals surface area contributed by atoms with Crippen LogP contribution in [0.1, 0.15) is 25.5 Å². The van der Waals surface area contributed by atoms with E-state index in [0.717, 1.165) is 6.54 Å². The van der Waals surface area contributed by atoms with Crippen molar-refractivity contribution in [2.24, 2.45) is 0 Å². The first-order valence-electron chi connectivity index (χ1n) is 4.46. The first-order valence-corrected chi connectivity index (χ1v) is 4.84. The lowest BCUT2D eigenvalue weighted by atomic mass is 10.1. The maximum Gasteiger partial charge on any atom is 0.129 e. The minimum Gasteiger partial charge on any atom is -0.300 e. The molecule has 1 rings (SSSR count). The second-order valence-electron chi connectivity index (χ2n) is 3.16. The molecule has 72 valence electrons. The number of pyridine rings is 1. The molecule has 13 heavy (non-hydrogen) atoms. The van der Waals surface area contributed by atoms with Crippen molar-refractivity contribution in [2.45, 2.75) is 19.9 Å². The molecule has 0 bridgehead atoms. The highest BCUT2D eigenvalue weighted by atomic mass is 35.5. The molecule has 1 aromatic heterocycles. The normalized spacial score (nSPS) is 13.3. The maximum absolute atomic E-state index is 5.71. The van der Waals surface area contributed by atoms with Gasteiger partial charge in [0.05, 0.1) is 0 Å². The van der Waals surface area contributed by atoms with Crippen LogP contribution in [-0.2, 0) is 0 Å². The quantitative estimate of drug-likeness (QED) is 0.695. The van der Waals surface area contributed by atoms with Crippen LogP contribution in [0.2, 0.25) is 5.15 Å². The minimum absolute atomic E-state index is 0.398. The van der Waals surface area contributed by atoms with Crippen LogP contribution >= 0.6 is 11.6 Å². The largest absolute Gasteiger partial charge is 0.300 e. The van der Waals surface area contributed by atoms with Gasteiger partial charge in [-0.1, -0.05) is 24.6 Å². The Morgan fingerprint density at radius 1 is 1.54 bits per heavy atom.